The number of aromatic nitrogens is 1. The van der Waals surface area contributed by atoms with Gasteiger partial charge in [-0.3, -0.25) is 4.90 Å². The summed E-state index contributed by atoms with van der Waals surface area (Å²) in [6.45, 7) is 5.17. The maximum Gasteiger partial charge on any atom is 0.339 e. The lowest BCUT2D eigenvalue weighted by molar-refractivity contribution is 0.0696. The molecule has 2 aliphatic heterocycles. The van der Waals surface area contributed by atoms with Gasteiger partial charge in [-0.15, -0.1) is 0 Å². The van der Waals surface area contributed by atoms with Crippen molar-refractivity contribution in [2.45, 2.75) is 31.8 Å². The number of halogens is 1. The van der Waals surface area contributed by atoms with Crippen molar-refractivity contribution in [1.82, 2.24) is 9.88 Å². The lowest BCUT2D eigenvalue weighted by atomic mass is 10.1. The Kier molecular flexibility index (Phi) is 3.69. The molecule has 3 rings (SSSR count). The largest absolute Gasteiger partial charge is 0.478 e. The number of nitrogens with zero attached hydrogens (tertiary/aromatic N) is 3. The fourth-order valence-corrected chi connectivity index (χ4v) is 3.63. The summed E-state index contributed by atoms with van der Waals surface area (Å²) < 4.78 is 0.700. The molecule has 2 atom stereocenters. The number of fused-ring (bicyclic) bond motifs is 1. The Morgan fingerprint density at radius 3 is 3.05 bits per heavy atom. The number of aromatic carboxylic acids is 1. The Bertz CT molecular complexity index is 537. The molecular formula is C14H18BrN3O2. The van der Waals surface area contributed by atoms with Crippen LogP contribution in [0.1, 0.15) is 30.1 Å². The standard InChI is InChI=1S/C14H18BrN3O2/c1-9-7-17-4-2-3-11(17)8-18(9)13-12(14(19)20)5-10(15)6-16-13/h5-6,9,11H,2-4,7-8H2,1H3,(H,19,20). The molecule has 3 heterocycles. The van der Waals surface area contributed by atoms with E-state index in [1.54, 1.807) is 12.3 Å². The van der Waals surface area contributed by atoms with Gasteiger partial charge in [-0.1, -0.05) is 0 Å². The van der Waals surface area contributed by atoms with Crippen LogP contribution in [0.3, 0.4) is 0 Å². The summed E-state index contributed by atoms with van der Waals surface area (Å²) in [7, 11) is 0. The summed E-state index contributed by atoms with van der Waals surface area (Å²) >= 11 is 3.30. The minimum atomic E-state index is -0.921. The topological polar surface area (TPSA) is 56.7 Å². The van der Waals surface area contributed by atoms with E-state index in [-0.39, 0.29) is 11.6 Å². The minimum Gasteiger partial charge on any atom is -0.478 e. The zero-order valence-corrected chi connectivity index (χ0v) is 13.0. The van der Waals surface area contributed by atoms with Gasteiger partial charge >= 0.3 is 5.97 Å². The summed E-state index contributed by atoms with van der Waals surface area (Å²) in [5.41, 5.74) is 0.276. The average molecular weight is 340 g/mol. The SMILES string of the molecule is CC1CN2CCCC2CN1c1ncc(Br)cc1C(=O)O. The number of carboxylic acid groups (broad SMARTS) is 1. The number of carbonyl (C=O) groups is 1. The lowest BCUT2D eigenvalue weighted by Gasteiger charge is -2.43. The lowest BCUT2D eigenvalue weighted by Crippen LogP contribution is -2.55. The van der Waals surface area contributed by atoms with Crippen LogP contribution in [-0.4, -0.2) is 52.7 Å². The maximum absolute atomic E-state index is 11.5. The average Bonchev–Trinajstić information content (AvgIpc) is 2.85. The quantitative estimate of drug-likeness (QED) is 0.895. The Morgan fingerprint density at radius 2 is 2.30 bits per heavy atom. The van der Waals surface area contributed by atoms with Crippen LogP contribution in [0.4, 0.5) is 5.82 Å². The van der Waals surface area contributed by atoms with Gasteiger partial charge in [-0.05, 0) is 48.3 Å². The van der Waals surface area contributed by atoms with Crippen molar-refractivity contribution < 1.29 is 9.90 Å². The Morgan fingerprint density at radius 1 is 1.50 bits per heavy atom. The normalized spacial score (nSPS) is 26.6. The number of pyridine rings is 1. The first-order valence-corrected chi connectivity index (χ1v) is 7.75. The Labute approximate surface area is 126 Å². The van der Waals surface area contributed by atoms with Gasteiger partial charge in [0.2, 0.25) is 0 Å². The van der Waals surface area contributed by atoms with Gasteiger partial charge in [0.15, 0.2) is 0 Å². The van der Waals surface area contributed by atoms with Gasteiger partial charge in [-0.2, -0.15) is 0 Å². The van der Waals surface area contributed by atoms with E-state index in [4.69, 9.17) is 0 Å². The Balaban J connectivity index is 1.93. The van der Waals surface area contributed by atoms with Gasteiger partial charge in [0.25, 0.3) is 0 Å². The van der Waals surface area contributed by atoms with E-state index in [1.165, 1.54) is 19.4 Å². The molecule has 2 aliphatic rings. The number of anilines is 1. The van der Waals surface area contributed by atoms with Crippen LogP contribution in [0, 0.1) is 0 Å². The highest BCUT2D eigenvalue weighted by Crippen LogP contribution is 2.30. The van der Waals surface area contributed by atoms with Crippen molar-refractivity contribution in [2.75, 3.05) is 24.5 Å². The molecule has 6 heteroatoms. The third kappa shape index (κ3) is 2.42. The van der Waals surface area contributed by atoms with Crippen LogP contribution in [0.25, 0.3) is 0 Å². The van der Waals surface area contributed by atoms with Crippen molar-refractivity contribution in [3.8, 4) is 0 Å². The third-order valence-corrected chi connectivity index (χ3v) is 4.71. The molecule has 2 unspecified atom stereocenters. The first-order chi connectivity index (χ1) is 9.56. The predicted octanol–water partition coefficient (Wildman–Crippen LogP) is 2.22. The summed E-state index contributed by atoms with van der Waals surface area (Å²) in [5.74, 6) is -0.324. The molecule has 0 bridgehead atoms. The molecular weight excluding hydrogens is 322 g/mol. The number of hydrogen-bond acceptors (Lipinski definition) is 4. The number of hydrogen-bond donors (Lipinski definition) is 1. The molecule has 2 fully saturated rings. The molecule has 108 valence electrons. The van der Waals surface area contributed by atoms with E-state index in [9.17, 15) is 9.90 Å². The van der Waals surface area contributed by atoms with E-state index >= 15 is 0 Å². The van der Waals surface area contributed by atoms with E-state index in [0.717, 1.165) is 13.1 Å². The highest BCUT2D eigenvalue weighted by atomic mass is 79.9. The fourth-order valence-electron chi connectivity index (χ4n) is 3.30. The molecule has 1 aromatic rings. The van der Waals surface area contributed by atoms with E-state index < -0.39 is 5.97 Å². The highest BCUT2D eigenvalue weighted by molar-refractivity contribution is 9.10. The highest BCUT2D eigenvalue weighted by Gasteiger charge is 2.36. The van der Waals surface area contributed by atoms with Gasteiger partial charge in [-0.25, -0.2) is 9.78 Å². The van der Waals surface area contributed by atoms with Crippen LogP contribution in [0.2, 0.25) is 0 Å². The monoisotopic (exact) mass is 339 g/mol. The second kappa shape index (κ2) is 5.33. The number of carboxylic acids is 1. The first-order valence-electron chi connectivity index (χ1n) is 6.96. The molecule has 2 saturated heterocycles. The van der Waals surface area contributed by atoms with Crippen molar-refractivity contribution in [3.63, 3.8) is 0 Å². The molecule has 0 saturated carbocycles. The molecule has 20 heavy (non-hydrogen) atoms. The number of piperazine rings is 1. The summed E-state index contributed by atoms with van der Waals surface area (Å²) in [6, 6.07) is 2.47. The van der Waals surface area contributed by atoms with Crippen LogP contribution in [0.5, 0.6) is 0 Å². The third-order valence-electron chi connectivity index (χ3n) is 4.27. The van der Waals surface area contributed by atoms with Crippen LogP contribution in [-0.2, 0) is 0 Å². The second-order valence-corrected chi connectivity index (χ2v) is 6.54. The molecule has 0 aliphatic carbocycles. The van der Waals surface area contributed by atoms with Gasteiger partial charge in [0.1, 0.15) is 11.4 Å². The van der Waals surface area contributed by atoms with Crippen LogP contribution < -0.4 is 4.90 Å². The molecule has 0 radical (unpaired) electrons. The van der Waals surface area contributed by atoms with Crippen molar-refractivity contribution in [3.05, 3.63) is 22.3 Å². The summed E-state index contributed by atoms with van der Waals surface area (Å²) in [5, 5.41) is 9.40. The predicted molar refractivity (Wildman–Crippen MR) is 80.3 cm³/mol. The molecule has 1 aromatic heterocycles. The van der Waals surface area contributed by atoms with Gasteiger partial charge in [0, 0.05) is 35.8 Å². The van der Waals surface area contributed by atoms with Crippen molar-refractivity contribution >= 4 is 27.7 Å². The first kappa shape index (κ1) is 13.8. The molecule has 5 nitrogen and oxygen atoms in total. The van der Waals surface area contributed by atoms with Gasteiger partial charge < -0.3 is 10.0 Å². The van der Waals surface area contributed by atoms with Crippen molar-refractivity contribution in [1.29, 1.82) is 0 Å². The number of rotatable bonds is 2. The minimum absolute atomic E-state index is 0.276. The summed E-state index contributed by atoms with van der Waals surface area (Å²) in [6.07, 6.45) is 4.11. The maximum atomic E-state index is 11.5. The van der Waals surface area contributed by atoms with Crippen LogP contribution in [0.15, 0.2) is 16.7 Å². The smallest absolute Gasteiger partial charge is 0.339 e. The van der Waals surface area contributed by atoms with E-state index in [0.29, 0.717) is 16.3 Å². The second-order valence-electron chi connectivity index (χ2n) is 5.62. The van der Waals surface area contributed by atoms with Crippen molar-refractivity contribution in [2.24, 2.45) is 0 Å². The van der Waals surface area contributed by atoms with E-state index in [2.05, 4.69) is 37.6 Å². The Hall–Kier alpha value is -1.14. The zero-order chi connectivity index (χ0) is 14.3. The van der Waals surface area contributed by atoms with E-state index in [1.807, 2.05) is 0 Å². The molecule has 0 spiro atoms. The molecule has 1 N–H and O–H groups in total. The van der Waals surface area contributed by atoms with Crippen LogP contribution >= 0.6 is 15.9 Å². The van der Waals surface area contributed by atoms with Gasteiger partial charge in [0.05, 0.1) is 0 Å². The molecule has 0 amide bonds. The molecule has 0 aromatic carbocycles. The zero-order valence-electron chi connectivity index (χ0n) is 11.4. The summed E-state index contributed by atoms with van der Waals surface area (Å²) in [4.78, 5) is 20.5. The fraction of sp³-hybridized carbons (Fsp3) is 0.571.